The van der Waals surface area contributed by atoms with Crippen LogP contribution < -0.4 is 5.73 Å². The van der Waals surface area contributed by atoms with E-state index in [2.05, 4.69) is 29.2 Å². The predicted octanol–water partition coefficient (Wildman–Crippen LogP) is 3.44. The summed E-state index contributed by atoms with van der Waals surface area (Å²) in [5, 5.41) is 0. The highest BCUT2D eigenvalue weighted by molar-refractivity contribution is 5.31. The second-order valence-corrected chi connectivity index (χ2v) is 6.32. The van der Waals surface area contributed by atoms with Crippen molar-refractivity contribution in [2.45, 2.75) is 63.6 Å². The van der Waals surface area contributed by atoms with E-state index in [1.165, 1.54) is 56.1 Å². The Hall–Kier alpha value is -0.860. The van der Waals surface area contributed by atoms with Gasteiger partial charge in [0.1, 0.15) is 0 Å². The highest BCUT2D eigenvalue weighted by atomic mass is 15.2. The summed E-state index contributed by atoms with van der Waals surface area (Å²) in [5.74, 6) is 0. The molecule has 1 aliphatic carbocycles. The lowest BCUT2D eigenvalue weighted by Gasteiger charge is -2.42. The standard InChI is InChI=1S/C17H26N2/c18-14-17(10-6-2-1-3-7-11-17)19-12-15-8-4-5-9-16(15)13-19/h4-5,8-9H,1-3,6-7,10-14,18H2. The minimum absolute atomic E-state index is 0.263. The van der Waals surface area contributed by atoms with Gasteiger partial charge >= 0.3 is 0 Å². The maximum absolute atomic E-state index is 6.23. The van der Waals surface area contributed by atoms with Crippen LogP contribution in [-0.2, 0) is 13.1 Å². The summed E-state index contributed by atoms with van der Waals surface area (Å²) in [6, 6.07) is 8.89. The van der Waals surface area contributed by atoms with E-state index in [1.54, 1.807) is 0 Å². The van der Waals surface area contributed by atoms with Crippen LogP contribution in [0.4, 0.5) is 0 Å². The van der Waals surface area contributed by atoms with Gasteiger partial charge in [0.05, 0.1) is 0 Å². The summed E-state index contributed by atoms with van der Waals surface area (Å²) in [7, 11) is 0. The molecule has 0 radical (unpaired) electrons. The molecule has 1 aliphatic heterocycles. The molecule has 104 valence electrons. The second-order valence-electron chi connectivity index (χ2n) is 6.32. The number of fused-ring (bicyclic) bond motifs is 1. The predicted molar refractivity (Wildman–Crippen MR) is 79.8 cm³/mol. The van der Waals surface area contributed by atoms with Gasteiger partial charge in [-0.25, -0.2) is 0 Å². The fraction of sp³-hybridized carbons (Fsp3) is 0.647. The fourth-order valence-electron chi connectivity index (χ4n) is 3.88. The Morgan fingerprint density at radius 2 is 1.42 bits per heavy atom. The van der Waals surface area contributed by atoms with Gasteiger partial charge in [0, 0.05) is 25.2 Å². The van der Waals surface area contributed by atoms with Crippen LogP contribution in [0.25, 0.3) is 0 Å². The zero-order valence-electron chi connectivity index (χ0n) is 11.9. The van der Waals surface area contributed by atoms with E-state index in [4.69, 9.17) is 5.73 Å². The molecular formula is C17H26N2. The van der Waals surface area contributed by atoms with Gasteiger partial charge in [-0.2, -0.15) is 0 Å². The Kier molecular flexibility index (Phi) is 3.90. The minimum Gasteiger partial charge on any atom is -0.329 e. The molecule has 2 heteroatoms. The van der Waals surface area contributed by atoms with Gasteiger partial charge in [-0.15, -0.1) is 0 Å². The zero-order valence-corrected chi connectivity index (χ0v) is 11.9. The molecule has 1 aromatic carbocycles. The fourth-order valence-corrected chi connectivity index (χ4v) is 3.88. The van der Waals surface area contributed by atoms with Crippen molar-refractivity contribution >= 4 is 0 Å². The van der Waals surface area contributed by atoms with E-state index in [9.17, 15) is 0 Å². The first-order valence-electron chi connectivity index (χ1n) is 7.86. The van der Waals surface area contributed by atoms with Crippen molar-refractivity contribution in [3.63, 3.8) is 0 Å². The first kappa shape index (κ1) is 13.1. The molecule has 0 atom stereocenters. The summed E-state index contributed by atoms with van der Waals surface area (Å²) < 4.78 is 0. The van der Waals surface area contributed by atoms with E-state index in [-0.39, 0.29) is 5.54 Å². The normalized spacial score (nSPS) is 23.6. The van der Waals surface area contributed by atoms with Crippen molar-refractivity contribution in [2.75, 3.05) is 6.54 Å². The van der Waals surface area contributed by atoms with E-state index in [0.29, 0.717) is 0 Å². The molecule has 2 N–H and O–H groups in total. The lowest BCUT2D eigenvalue weighted by atomic mass is 9.82. The van der Waals surface area contributed by atoms with Gasteiger partial charge < -0.3 is 5.73 Å². The van der Waals surface area contributed by atoms with Gasteiger partial charge in [-0.1, -0.05) is 56.4 Å². The smallest absolute Gasteiger partial charge is 0.0338 e. The van der Waals surface area contributed by atoms with E-state index < -0.39 is 0 Å². The largest absolute Gasteiger partial charge is 0.329 e. The Bertz CT molecular complexity index is 394. The third-order valence-corrected chi connectivity index (χ3v) is 5.18. The van der Waals surface area contributed by atoms with Gasteiger partial charge in [0.25, 0.3) is 0 Å². The van der Waals surface area contributed by atoms with Crippen LogP contribution >= 0.6 is 0 Å². The molecule has 0 spiro atoms. The quantitative estimate of drug-likeness (QED) is 0.880. The molecule has 1 saturated carbocycles. The number of hydrogen-bond donors (Lipinski definition) is 1. The van der Waals surface area contributed by atoms with Crippen LogP contribution in [0.5, 0.6) is 0 Å². The van der Waals surface area contributed by atoms with Crippen LogP contribution in [0.2, 0.25) is 0 Å². The number of hydrogen-bond acceptors (Lipinski definition) is 2. The number of benzene rings is 1. The van der Waals surface area contributed by atoms with Crippen LogP contribution in [-0.4, -0.2) is 17.0 Å². The average Bonchev–Trinajstić information content (AvgIpc) is 2.83. The van der Waals surface area contributed by atoms with Crippen molar-refractivity contribution in [2.24, 2.45) is 5.73 Å². The van der Waals surface area contributed by atoms with Crippen molar-refractivity contribution in [1.82, 2.24) is 4.90 Å². The highest BCUT2D eigenvalue weighted by Gasteiger charge is 2.38. The first-order valence-corrected chi connectivity index (χ1v) is 7.86. The van der Waals surface area contributed by atoms with Gasteiger partial charge in [0.15, 0.2) is 0 Å². The molecule has 1 heterocycles. The van der Waals surface area contributed by atoms with Crippen molar-refractivity contribution in [1.29, 1.82) is 0 Å². The van der Waals surface area contributed by atoms with Crippen molar-refractivity contribution in [3.8, 4) is 0 Å². The number of rotatable bonds is 2. The lowest BCUT2D eigenvalue weighted by Crippen LogP contribution is -2.51. The molecule has 0 unspecified atom stereocenters. The monoisotopic (exact) mass is 258 g/mol. The SMILES string of the molecule is NCC1(N2Cc3ccccc3C2)CCCCCCC1. The summed E-state index contributed by atoms with van der Waals surface area (Å²) in [6.45, 7) is 3.03. The lowest BCUT2D eigenvalue weighted by molar-refractivity contribution is 0.0636. The molecule has 0 aromatic heterocycles. The van der Waals surface area contributed by atoms with Crippen LogP contribution in [0, 0.1) is 0 Å². The van der Waals surface area contributed by atoms with Crippen LogP contribution in [0.15, 0.2) is 24.3 Å². The van der Waals surface area contributed by atoms with Gasteiger partial charge in [0.2, 0.25) is 0 Å². The molecule has 19 heavy (non-hydrogen) atoms. The minimum atomic E-state index is 0.263. The van der Waals surface area contributed by atoms with Gasteiger partial charge in [-0.05, 0) is 24.0 Å². The van der Waals surface area contributed by atoms with E-state index >= 15 is 0 Å². The van der Waals surface area contributed by atoms with Crippen LogP contribution in [0.1, 0.15) is 56.1 Å². The third kappa shape index (κ3) is 2.56. The maximum Gasteiger partial charge on any atom is 0.0338 e. The molecule has 2 aliphatic rings. The summed E-state index contributed by atoms with van der Waals surface area (Å²) in [6.07, 6.45) is 9.48. The molecule has 0 saturated heterocycles. The highest BCUT2D eigenvalue weighted by Crippen LogP contribution is 2.36. The Labute approximate surface area is 117 Å². The molecule has 0 amide bonds. The summed E-state index contributed by atoms with van der Waals surface area (Å²) >= 11 is 0. The number of nitrogens with zero attached hydrogens (tertiary/aromatic N) is 1. The van der Waals surface area contributed by atoms with Crippen LogP contribution in [0.3, 0.4) is 0 Å². The first-order chi connectivity index (χ1) is 9.34. The Balaban J connectivity index is 1.79. The average molecular weight is 258 g/mol. The van der Waals surface area contributed by atoms with E-state index in [0.717, 1.165) is 19.6 Å². The molecule has 0 bridgehead atoms. The summed E-state index contributed by atoms with van der Waals surface area (Å²) in [4.78, 5) is 2.67. The zero-order chi connectivity index (χ0) is 13.1. The Morgan fingerprint density at radius 3 is 1.95 bits per heavy atom. The van der Waals surface area contributed by atoms with E-state index in [1.807, 2.05) is 0 Å². The Morgan fingerprint density at radius 1 is 0.895 bits per heavy atom. The molecule has 2 nitrogen and oxygen atoms in total. The molecule has 1 fully saturated rings. The number of nitrogens with two attached hydrogens (primary N) is 1. The summed E-state index contributed by atoms with van der Waals surface area (Å²) in [5.41, 5.74) is 9.52. The molecular weight excluding hydrogens is 232 g/mol. The second kappa shape index (κ2) is 5.64. The van der Waals surface area contributed by atoms with Crippen molar-refractivity contribution < 1.29 is 0 Å². The topological polar surface area (TPSA) is 29.3 Å². The third-order valence-electron chi connectivity index (χ3n) is 5.18. The molecule has 1 aromatic rings. The molecule has 3 rings (SSSR count). The maximum atomic E-state index is 6.23. The van der Waals surface area contributed by atoms with Crippen molar-refractivity contribution in [3.05, 3.63) is 35.4 Å². The van der Waals surface area contributed by atoms with Gasteiger partial charge in [-0.3, -0.25) is 4.90 Å².